The Balaban J connectivity index is 1.66. The summed E-state index contributed by atoms with van der Waals surface area (Å²) >= 11 is 6.95. The first-order valence-electron chi connectivity index (χ1n) is 10.9. The van der Waals surface area contributed by atoms with Crippen molar-refractivity contribution in [2.24, 2.45) is 5.10 Å². The van der Waals surface area contributed by atoms with Crippen molar-refractivity contribution in [3.8, 4) is 11.5 Å². The molecule has 0 aliphatic carbocycles. The van der Waals surface area contributed by atoms with E-state index in [4.69, 9.17) is 9.47 Å². The molecule has 9 heteroatoms. The van der Waals surface area contributed by atoms with Gasteiger partial charge in [-0.2, -0.15) is 9.78 Å². The zero-order valence-electron chi connectivity index (χ0n) is 19.1. The summed E-state index contributed by atoms with van der Waals surface area (Å²) < 4.78 is 27.4. The number of halogens is 3. The predicted molar refractivity (Wildman–Crippen MR) is 142 cm³/mol. The second kappa shape index (κ2) is 11.1. The fraction of sp³-hybridized carbons (Fsp3) is 0.192. The first-order chi connectivity index (χ1) is 16.9. The molecule has 0 N–H and O–H groups in total. The van der Waals surface area contributed by atoms with Crippen LogP contribution >= 0.6 is 31.9 Å². The van der Waals surface area contributed by atoms with Crippen molar-refractivity contribution in [2.45, 2.75) is 26.4 Å². The van der Waals surface area contributed by atoms with Crippen molar-refractivity contribution in [2.75, 3.05) is 7.11 Å². The highest BCUT2D eigenvalue weighted by molar-refractivity contribution is 9.10. The number of methoxy groups -OCH3 is 1. The summed E-state index contributed by atoms with van der Waals surface area (Å²) in [6, 6.07) is 15.1. The Labute approximate surface area is 218 Å². The van der Waals surface area contributed by atoms with Crippen LogP contribution in [0.15, 0.2) is 73.4 Å². The zero-order valence-corrected chi connectivity index (χ0v) is 22.3. The molecule has 0 unspecified atom stereocenters. The maximum Gasteiger partial charge on any atom is 0.282 e. The molecule has 0 radical (unpaired) electrons. The monoisotopic (exact) mass is 601 g/mol. The molecule has 1 heterocycles. The molecule has 0 spiro atoms. The van der Waals surface area contributed by atoms with E-state index in [9.17, 15) is 9.18 Å². The Hall–Kier alpha value is -3.04. The highest BCUT2D eigenvalue weighted by Crippen LogP contribution is 2.37. The summed E-state index contributed by atoms with van der Waals surface area (Å²) in [5.74, 6) is 1.29. The summed E-state index contributed by atoms with van der Waals surface area (Å²) in [6.07, 6.45) is 3.02. The van der Waals surface area contributed by atoms with Crippen molar-refractivity contribution in [1.29, 1.82) is 0 Å². The average molecular weight is 603 g/mol. The Morgan fingerprint density at radius 2 is 1.89 bits per heavy atom. The van der Waals surface area contributed by atoms with Gasteiger partial charge in [-0.3, -0.25) is 4.79 Å². The third kappa shape index (κ3) is 5.79. The largest absolute Gasteiger partial charge is 0.493 e. The van der Waals surface area contributed by atoms with Crippen LogP contribution < -0.4 is 15.0 Å². The zero-order chi connectivity index (χ0) is 24.9. The van der Waals surface area contributed by atoms with E-state index in [1.54, 1.807) is 37.6 Å². The lowest BCUT2D eigenvalue weighted by molar-refractivity contribution is 0.282. The Kier molecular flexibility index (Phi) is 7.97. The van der Waals surface area contributed by atoms with Crippen LogP contribution in [0.4, 0.5) is 4.39 Å². The summed E-state index contributed by atoms with van der Waals surface area (Å²) in [7, 11) is 1.54. The van der Waals surface area contributed by atoms with E-state index in [1.807, 2.05) is 25.1 Å². The minimum atomic E-state index is -0.299. The maximum atomic E-state index is 13.2. The van der Waals surface area contributed by atoms with Gasteiger partial charge in [0.1, 0.15) is 18.2 Å². The summed E-state index contributed by atoms with van der Waals surface area (Å²) in [6.45, 7) is 2.27. The highest BCUT2D eigenvalue weighted by atomic mass is 79.9. The smallest absolute Gasteiger partial charge is 0.282 e. The van der Waals surface area contributed by atoms with Gasteiger partial charge in [0.15, 0.2) is 11.5 Å². The maximum absolute atomic E-state index is 13.2. The molecular weight excluding hydrogens is 581 g/mol. The van der Waals surface area contributed by atoms with Crippen molar-refractivity contribution in [3.05, 3.63) is 96.7 Å². The first kappa shape index (κ1) is 25.1. The molecule has 0 aliphatic rings. The number of aryl methyl sites for hydroxylation is 1. The molecule has 6 nitrogen and oxygen atoms in total. The summed E-state index contributed by atoms with van der Waals surface area (Å²) in [5, 5.41) is 4.96. The van der Waals surface area contributed by atoms with E-state index in [2.05, 4.69) is 41.9 Å². The number of ether oxygens (including phenoxy) is 2. The van der Waals surface area contributed by atoms with E-state index < -0.39 is 0 Å². The van der Waals surface area contributed by atoms with Gasteiger partial charge in [0, 0.05) is 10.9 Å². The van der Waals surface area contributed by atoms with Crippen LogP contribution in [-0.4, -0.2) is 23.0 Å². The van der Waals surface area contributed by atoms with Crippen molar-refractivity contribution >= 4 is 49.0 Å². The van der Waals surface area contributed by atoms with Gasteiger partial charge in [-0.05, 0) is 75.9 Å². The molecule has 0 amide bonds. The summed E-state index contributed by atoms with van der Waals surface area (Å²) in [4.78, 5) is 17.8. The second-order valence-corrected chi connectivity index (χ2v) is 9.52. The lowest BCUT2D eigenvalue weighted by atomic mass is 10.2. The van der Waals surface area contributed by atoms with Gasteiger partial charge in [-0.1, -0.05) is 35.0 Å². The standard InChI is InChI=1S/C26H22Br2FN3O3/c1-3-4-24-31-22-10-7-18(27)13-20(22)26(33)32(24)30-14-17-11-21(28)25(23(12-17)34-2)35-15-16-5-8-19(29)9-6-16/h5-14H,3-4,15H2,1-2H3. The van der Waals surface area contributed by atoms with Crippen LogP contribution in [0, 0.1) is 5.82 Å². The number of hydrogen-bond donors (Lipinski definition) is 0. The minimum Gasteiger partial charge on any atom is -0.493 e. The molecular formula is C26H22Br2FN3O3. The Morgan fingerprint density at radius 1 is 1.11 bits per heavy atom. The lowest BCUT2D eigenvalue weighted by Gasteiger charge is -2.14. The third-order valence-electron chi connectivity index (χ3n) is 5.22. The fourth-order valence-electron chi connectivity index (χ4n) is 3.51. The Morgan fingerprint density at radius 3 is 2.60 bits per heavy atom. The van der Waals surface area contributed by atoms with Crippen molar-refractivity contribution in [3.63, 3.8) is 0 Å². The van der Waals surface area contributed by atoms with Crippen LogP contribution in [0.25, 0.3) is 10.9 Å². The predicted octanol–water partition coefficient (Wildman–Crippen LogP) is 6.48. The first-order valence-corrected chi connectivity index (χ1v) is 12.5. The molecule has 4 aromatic rings. The van der Waals surface area contributed by atoms with E-state index in [1.165, 1.54) is 16.8 Å². The Bertz CT molecular complexity index is 1450. The SMILES string of the molecule is CCCc1nc2ccc(Br)cc2c(=O)n1N=Cc1cc(Br)c(OCc2ccc(F)cc2)c(OC)c1. The highest BCUT2D eigenvalue weighted by Gasteiger charge is 2.13. The molecule has 0 fully saturated rings. The molecule has 0 aliphatic heterocycles. The molecule has 0 bridgehead atoms. The lowest BCUT2D eigenvalue weighted by Crippen LogP contribution is -2.22. The number of hydrogen-bond acceptors (Lipinski definition) is 5. The number of fused-ring (bicyclic) bond motifs is 1. The van der Waals surface area contributed by atoms with Crippen LogP contribution in [0.5, 0.6) is 11.5 Å². The van der Waals surface area contributed by atoms with E-state index >= 15 is 0 Å². The third-order valence-corrected chi connectivity index (χ3v) is 6.30. The van der Waals surface area contributed by atoms with Gasteiger partial charge in [0.2, 0.25) is 0 Å². The molecule has 35 heavy (non-hydrogen) atoms. The van der Waals surface area contributed by atoms with E-state index in [-0.39, 0.29) is 18.0 Å². The average Bonchev–Trinajstić information content (AvgIpc) is 2.84. The van der Waals surface area contributed by atoms with Crippen LogP contribution in [0.2, 0.25) is 0 Å². The summed E-state index contributed by atoms with van der Waals surface area (Å²) in [5.41, 5.74) is 1.93. The molecule has 3 aromatic carbocycles. The number of benzene rings is 3. The van der Waals surface area contributed by atoms with Gasteiger partial charge >= 0.3 is 0 Å². The normalized spacial score (nSPS) is 11.3. The van der Waals surface area contributed by atoms with E-state index in [0.29, 0.717) is 44.7 Å². The number of nitrogens with zero attached hydrogens (tertiary/aromatic N) is 3. The van der Waals surface area contributed by atoms with Crippen molar-refractivity contribution < 1.29 is 13.9 Å². The quantitative estimate of drug-likeness (QED) is 0.216. The van der Waals surface area contributed by atoms with E-state index in [0.717, 1.165) is 16.5 Å². The van der Waals surface area contributed by atoms with Gasteiger partial charge in [0.05, 0.1) is 28.7 Å². The molecule has 0 atom stereocenters. The van der Waals surface area contributed by atoms with Gasteiger partial charge in [-0.25, -0.2) is 9.37 Å². The van der Waals surface area contributed by atoms with Gasteiger partial charge in [0.25, 0.3) is 5.56 Å². The topological polar surface area (TPSA) is 65.7 Å². The van der Waals surface area contributed by atoms with Gasteiger partial charge in [-0.15, -0.1) is 0 Å². The second-order valence-electron chi connectivity index (χ2n) is 7.75. The number of rotatable bonds is 8. The molecule has 0 saturated carbocycles. The molecule has 1 aromatic heterocycles. The fourth-order valence-corrected chi connectivity index (χ4v) is 4.45. The minimum absolute atomic E-state index is 0.235. The van der Waals surface area contributed by atoms with Crippen LogP contribution in [0.3, 0.4) is 0 Å². The van der Waals surface area contributed by atoms with Crippen LogP contribution in [-0.2, 0) is 13.0 Å². The number of aromatic nitrogens is 2. The molecule has 0 saturated heterocycles. The molecule has 4 rings (SSSR count). The van der Waals surface area contributed by atoms with Crippen LogP contribution in [0.1, 0.15) is 30.3 Å². The van der Waals surface area contributed by atoms with Crippen molar-refractivity contribution in [1.82, 2.24) is 9.66 Å². The molecule has 180 valence electrons. The van der Waals surface area contributed by atoms with Gasteiger partial charge < -0.3 is 9.47 Å².